The van der Waals surface area contributed by atoms with Crippen molar-refractivity contribution in [1.29, 1.82) is 0 Å². The standard InChI is InChI=1S/C17H27Cl2NOSi/c1-8-20(16(19)17(2,3)4)15(21)14-12(18)10-9-11-13(14)22(5,6)7/h9-11,16H,8H2,1-7H3. The van der Waals surface area contributed by atoms with Gasteiger partial charge in [-0.15, -0.1) is 0 Å². The molecular weight excluding hydrogens is 333 g/mol. The lowest BCUT2D eigenvalue weighted by Gasteiger charge is -2.36. The van der Waals surface area contributed by atoms with Crippen LogP contribution in [0.5, 0.6) is 0 Å². The number of amides is 1. The number of halogens is 2. The second-order valence-electron chi connectivity index (χ2n) is 7.71. The lowest BCUT2D eigenvalue weighted by molar-refractivity contribution is 0.0662. The van der Waals surface area contributed by atoms with Gasteiger partial charge >= 0.3 is 0 Å². The minimum absolute atomic E-state index is 0.0690. The highest BCUT2D eigenvalue weighted by atomic mass is 35.5. The maximum atomic E-state index is 13.1. The molecule has 0 bridgehead atoms. The van der Waals surface area contributed by atoms with Crippen LogP contribution in [0.3, 0.4) is 0 Å². The Labute approximate surface area is 145 Å². The van der Waals surface area contributed by atoms with Crippen molar-refractivity contribution in [3.05, 3.63) is 28.8 Å². The molecule has 0 saturated heterocycles. The first-order valence-electron chi connectivity index (χ1n) is 7.65. The SMILES string of the molecule is CCN(C(=O)c1c(Cl)cccc1[Si](C)(C)C)C(Cl)C(C)(C)C. The van der Waals surface area contributed by atoms with E-state index < -0.39 is 8.07 Å². The predicted molar refractivity (Wildman–Crippen MR) is 100 cm³/mol. The number of carbonyl (C=O) groups is 1. The van der Waals surface area contributed by atoms with Gasteiger partial charge in [0.25, 0.3) is 5.91 Å². The Balaban J connectivity index is 3.39. The van der Waals surface area contributed by atoms with Crippen LogP contribution in [0, 0.1) is 5.41 Å². The van der Waals surface area contributed by atoms with Crippen molar-refractivity contribution >= 4 is 42.4 Å². The molecule has 0 radical (unpaired) electrons. The van der Waals surface area contributed by atoms with Crippen molar-refractivity contribution in [2.75, 3.05) is 6.54 Å². The molecule has 0 aromatic heterocycles. The molecule has 2 nitrogen and oxygen atoms in total. The van der Waals surface area contributed by atoms with Gasteiger partial charge in [0.05, 0.1) is 18.7 Å². The average molecular weight is 360 g/mol. The number of hydrogen-bond donors (Lipinski definition) is 0. The molecule has 1 aromatic rings. The van der Waals surface area contributed by atoms with Crippen LogP contribution >= 0.6 is 23.2 Å². The molecule has 124 valence electrons. The van der Waals surface area contributed by atoms with Gasteiger partial charge in [0.15, 0.2) is 0 Å². The summed E-state index contributed by atoms with van der Waals surface area (Å²) in [6.07, 6.45) is 0. The summed E-state index contributed by atoms with van der Waals surface area (Å²) in [4.78, 5) is 14.8. The Morgan fingerprint density at radius 2 is 1.82 bits per heavy atom. The molecule has 0 spiro atoms. The molecule has 1 amide bonds. The van der Waals surface area contributed by atoms with E-state index in [4.69, 9.17) is 23.2 Å². The summed E-state index contributed by atoms with van der Waals surface area (Å²) in [6.45, 7) is 15.3. The predicted octanol–water partition coefficient (Wildman–Crippen LogP) is 4.96. The molecule has 0 heterocycles. The minimum Gasteiger partial charge on any atom is -0.322 e. The topological polar surface area (TPSA) is 20.3 Å². The van der Waals surface area contributed by atoms with Gasteiger partial charge in [-0.05, 0) is 23.6 Å². The molecule has 0 aliphatic carbocycles. The molecule has 0 aliphatic heterocycles. The van der Waals surface area contributed by atoms with Gasteiger partial charge < -0.3 is 4.90 Å². The van der Waals surface area contributed by atoms with E-state index in [1.54, 1.807) is 11.0 Å². The van der Waals surface area contributed by atoms with E-state index in [2.05, 4.69) is 19.6 Å². The van der Waals surface area contributed by atoms with Crippen molar-refractivity contribution in [2.24, 2.45) is 5.41 Å². The molecule has 0 aliphatic rings. The van der Waals surface area contributed by atoms with Crippen LogP contribution in [0.15, 0.2) is 18.2 Å². The zero-order valence-corrected chi connectivity index (χ0v) is 17.1. The van der Waals surface area contributed by atoms with Crippen LogP contribution < -0.4 is 5.19 Å². The van der Waals surface area contributed by atoms with Crippen LogP contribution in [-0.2, 0) is 0 Å². The van der Waals surface area contributed by atoms with Gasteiger partial charge in [-0.25, -0.2) is 0 Å². The normalized spacial score (nSPS) is 13.9. The molecule has 5 heteroatoms. The zero-order chi connectivity index (χ0) is 17.3. The van der Waals surface area contributed by atoms with E-state index in [0.717, 1.165) is 5.19 Å². The van der Waals surface area contributed by atoms with Crippen LogP contribution in [-0.4, -0.2) is 30.9 Å². The maximum absolute atomic E-state index is 13.1. The number of alkyl halides is 1. The number of carbonyl (C=O) groups excluding carboxylic acids is 1. The third kappa shape index (κ3) is 4.27. The smallest absolute Gasteiger partial charge is 0.256 e. The van der Waals surface area contributed by atoms with Gasteiger partial charge in [0.2, 0.25) is 0 Å². The third-order valence-electron chi connectivity index (χ3n) is 3.63. The van der Waals surface area contributed by atoms with Gasteiger partial charge in [0, 0.05) is 6.54 Å². The van der Waals surface area contributed by atoms with Crippen molar-refractivity contribution in [1.82, 2.24) is 4.90 Å². The Bertz CT molecular complexity index is 547. The molecular formula is C17H27Cl2NOSi. The van der Waals surface area contributed by atoms with Crippen LogP contribution in [0.25, 0.3) is 0 Å². The Morgan fingerprint density at radius 3 is 2.23 bits per heavy atom. The summed E-state index contributed by atoms with van der Waals surface area (Å²) in [7, 11) is -1.69. The number of nitrogens with zero attached hydrogens (tertiary/aromatic N) is 1. The fraction of sp³-hybridized carbons (Fsp3) is 0.588. The van der Waals surface area contributed by atoms with E-state index in [9.17, 15) is 4.79 Å². The van der Waals surface area contributed by atoms with Gasteiger partial charge in [-0.3, -0.25) is 4.79 Å². The van der Waals surface area contributed by atoms with Crippen LogP contribution in [0.4, 0.5) is 0 Å². The van der Waals surface area contributed by atoms with Gasteiger partial charge in [-0.1, -0.05) is 75.7 Å². The molecule has 22 heavy (non-hydrogen) atoms. The fourth-order valence-electron chi connectivity index (χ4n) is 2.38. The Kier molecular flexibility index (Phi) is 6.16. The van der Waals surface area contributed by atoms with Gasteiger partial charge in [0.1, 0.15) is 5.50 Å². The number of rotatable bonds is 4. The molecule has 1 aromatic carbocycles. The largest absolute Gasteiger partial charge is 0.322 e. The summed E-state index contributed by atoms with van der Waals surface area (Å²) >= 11 is 12.9. The Morgan fingerprint density at radius 1 is 1.27 bits per heavy atom. The highest BCUT2D eigenvalue weighted by molar-refractivity contribution is 6.89. The summed E-state index contributed by atoms with van der Waals surface area (Å²) < 4.78 is 0. The maximum Gasteiger partial charge on any atom is 0.256 e. The first kappa shape index (κ1) is 19.5. The van der Waals surface area contributed by atoms with E-state index in [1.165, 1.54) is 0 Å². The summed E-state index contributed by atoms with van der Waals surface area (Å²) in [5.41, 5.74) is 0.0456. The second-order valence-corrected chi connectivity index (χ2v) is 13.6. The molecule has 1 rings (SSSR count). The number of benzene rings is 1. The lowest BCUT2D eigenvalue weighted by atomic mass is 9.95. The number of hydrogen-bond acceptors (Lipinski definition) is 1. The molecule has 1 unspecified atom stereocenters. The summed E-state index contributed by atoms with van der Waals surface area (Å²) in [5.74, 6) is -0.0690. The first-order chi connectivity index (χ1) is 9.91. The third-order valence-corrected chi connectivity index (χ3v) is 6.86. The molecule has 0 saturated carbocycles. The van der Waals surface area contributed by atoms with Crippen molar-refractivity contribution in [3.63, 3.8) is 0 Å². The Hall–Kier alpha value is -0.513. The fourth-order valence-corrected chi connectivity index (χ4v) is 4.53. The van der Waals surface area contributed by atoms with Crippen molar-refractivity contribution in [2.45, 2.75) is 52.8 Å². The van der Waals surface area contributed by atoms with E-state index in [1.807, 2.05) is 39.8 Å². The van der Waals surface area contributed by atoms with Crippen LogP contribution in [0.2, 0.25) is 24.7 Å². The van der Waals surface area contributed by atoms with E-state index >= 15 is 0 Å². The first-order valence-corrected chi connectivity index (χ1v) is 12.0. The molecule has 0 N–H and O–H groups in total. The molecule has 0 fully saturated rings. The summed E-state index contributed by atoms with van der Waals surface area (Å²) in [5, 5.41) is 1.60. The van der Waals surface area contributed by atoms with Crippen molar-refractivity contribution < 1.29 is 4.79 Å². The monoisotopic (exact) mass is 359 g/mol. The summed E-state index contributed by atoms with van der Waals surface area (Å²) in [6, 6.07) is 5.73. The quantitative estimate of drug-likeness (QED) is 0.422. The minimum atomic E-state index is -1.69. The average Bonchev–Trinajstić information content (AvgIpc) is 2.36. The molecule has 1 atom stereocenters. The highest BCUT2D eigenvalue weighted by Crippen LogP contribution is 2.30. The lowest BCUT2D eigenvalue weighted by Crippen LogP contribution is -2.48. The van der Waals surface area contributed by atoms with Crippen molar-refractivity contribution in [3.8, 4) is 0 Å². The van der Waals surface area contributed by atoms with E-state index in [-0.39, 0.29) is 16.8 Å². The second kappa shape index (κ2) is 6.94. The van der Waals surface area contributed by atoms with E-state index in [0.29, 0.717) is 17.1 Å². The van der Waals surface area contributed by atoms with Crippen LogP contribution in [0.1, 0.15) is 38.1 Å². The van der Waals surface area contributed by atoms with Gasteiger partial charge in [-0.2, -0.15) is 0 Å². The highest BCUT2D eigenvalue weighted by Gasteiger charge is 2.34. The zero-order valence-electron chi connectivity index (χ0n) is 14.6.